The molecule has 1 saturated heterocycles. The summed E-state index contributed by atoms with van der Waals surface area (Å²) in [6.07, 6.45) is 1.45. The second kappa shape index (κ2) is 6.02. The molecule has 2 aromatic rings. The van der Waals surface area contributed by atoms with Gasteiger partial charge < -0.3 is 15.4 Å². The van der Waals surface area contributed by atoms with E-state index in [2.05, 4.69) is 20.8 Å². The quantitative estimate of drug-likeness (QED) is 0.826. The molecule has 1 aromatic carbocycles. The number of hydrogen-bond donors (Lipinski definition) is 2. The monoisotopic (exact) mass is 287 g/mol. The van der Waals surface area contributed by atoms with Crippen LogP contribution in [0.1, 0.15) is 10.5 Å². The number of benzene rings is 1. The molecule has 1 amide bonds. The number of rotatable bonds is 4. The van der Waals surface area contributed by atoms with Gasteiger partial charge in [0.05, 0.1) is 24.0 Å². The van der Waals surface area contributed by atoms with Gasteiger partial charge in [-0.15, -0.1) is 5.10 Å². The Morgan fingerprint density at radius 2 is 2.19 bits per heavy atom. The highest BCUT2D eigenvalue weighted by Crippen LogP contribution is 2.07. The van der Waals surface area contributed by atoms with Crippen LogP contribution in [-0.2, 0) is 4.74 Å². The van der Waals surface area contributed by atoms with Crippen LogP contribution in [0.5, 0.6) is 0 Å². The van der Waals surface area contributed by atoms with E-state index in [1.165, 1.54) is 11.0 Å². The molecule has 1 fully saturated rings. The smallest absolute Gasteiger partial charge is 0.273 e. The highest BCUT2D eigenvalue weighted by molar-refractivity contribution is 5.92. The van der Waals surface area contributed by atoms with Crippen LogP contribution < -0.4 is 10.6 Å². The van der Waals surface area contributed by atoms with Crippen LogP contribution in [0.15, 0.2) is 36.5 Å². The first-order chi connectivity index (χ1) is 10.3. The normalized spacial score (nSPS) is 21.4. The number of aromatic nitrogens is 3. The number of ether oxygens (including phenoxy) is 1. The molecule has 1 aliphatic rings. The summed E-state index contributed by atoms with van der Waals surface area (Å²) in [4.78, 5) is 13.6. The molecule has 110 valence electrons. The van der Waals surface area contributed by atoms with Crippen LogP contribution in [0.25, 0.3) is 5.69 Å². The largest absolute Gasteiger partial charge is 0.378 e. The van der Waals surface area contributed by atoms with Crippen molar-refractivity contribution in [2.45, 2.75) is 12.1 Å². The molecule has 7 nitrogen and oxygen atoms in total. The molecule has 0 saturated carbocycles. The van der Waals surface area contributed by atoms with Crippen molar-refractivity contribution in [2.75, 3.05) is 20.2 Å². The zero-order valence-electron chi connectivity index (χ0n) is 11.7. The lowest BCUT2D eigenvalue weighted by Gasteiger charge is -2.17. The zero-order chi connectivity index (χ0) is 14.7. The Labute approximate surface area is 122 Å². The first-order valence-electron chi connectivity index (χ1n) is 6.80. The van der Waals surface area contributed by atoms with Crippen LogP contribution in [-0.4, -0.2) is 53.2 Å². The number of carbonyl (C=O) groups is 1. The zero-order valence-corrected chi connectivity index (χ0v) is 11.7. The van der Waals surface area contributed by atoms with E-state index in [9.17, 15) is 4.79 Å². The third kappa shape index (κ3) is 2.93. The molecule has 0 spiro atoms. The average Bonchev–Trinajstić information content (AvgIpc) is 3.17. The maximum absolute atomic E-state index is 12.2. The first kappa shape index (κ1) is 13.7. The van der Waals surface area contributed by atoms with Gasteiger partial charge in [-0.05, 0) is 12.1 Å². The number of nitrogens with one attached hydrogen (secondary N) is 2. The summed E-state index contributed by atoms with van der Waals surface area (Å²) in [5, 5.41) is 14.4. The Kier molecular flexibility index (Phi) is 3.94. The molecule has 0 bridgehead atoms. The van der Waals surface area contributed by atoms with E-state index in [4.69, 9.17) is 4.74 Å². The molecular formula is C14H17N5O2. The fourth-order valence-electron chi connectivity index (χ4n) is 2.34. The van der Waals surface area contributed by atoms with Gasteiger partial charge in [0, 0.05) is 20.2 Å². The van der Waals surface area contributed by atoms with Crippen molar-refractivity contribution in [2.24, 2.45) is 0 Å². The van der Waals surface area contributed by atoms with Crippen molar-refractivity contribution >= 4 is 5.91 Å². The molecular weight excluding hydrogens is 270 g/mol. The van der Waals surface area contributed by atoms with Crippen LogP contribution in [0.3, 0.4) is 0 Å². The lowest BCUT2D eigenvalue weighted by atomic mass is 10.2. The highest BCUT2D eigenvalue weighted by atomic mass is 16.5. The maximum atomic E-state index is 12.2. The minimum absolute atomic E-state index is 0.0156. The molecule has 7 heteroatoms. The molecule has 1 aromatic heterocycles. The molecule has 21 heavy (non-hydrogen) atoms. The van der Waals surface area contributed by atoms with Crippen molar-refractivity contribution in [1.82, 2.24) is 25.6 Å². The van der Waals surface area contributed by atoms with E-state index < -0.39 is 0 Å². The number of carbonyl (C=O) groups excluding carboxylic acids is 1. The topological polar surface area (TPSA) is 81.1 Å². The summed E-state index contributed by atoms with van der Waals surface area (Å²) in [5.41, 5.74) is 1.11. The molecule has 0 aliphatic carbocycles. The summed E-state index contributed by atoms with van der Waals surface area (Å²) >= 11 is 0. The van der Waals surface area contributed by atoms with E-state index in [1.807, 2.05) is 30.3 Å². The van der Waals surface area contributed by atoms with Gasteiger partial charge in [-0.25, -0.2) is 0 Å². The first-order valence-corrected chi connectivity index (χ1v) is 6.80. The Morgan fingerprint density at radius 1 is 1.38 bits per heavy atom. The summed E-state index contributed by atoms with van der Waals surface area (Å²) < 4.78 is 5.32. The van der Waals surface area contributed by atoms with E-state index in [-0.39, 0.29) is 18.1 Å². The van der Waals surface area contributed by atoms with Gasteiger partial charge in [-0.2, -0.15) is 9.90 Å². The third-order valence-electron chi connectivity index (χ3n) is 3.49. The summed E-state index contributed by atoms with van der Waals surface area (Å²) in [5.74, 6) is -0.243. The fraction of sp³-hybridized carbons (Fsp3) is 0.357. The predicted molar refractivity (Wildman–Crippen MR) is 76.3 cm³/mol. The van der Waals surface area contributed by atoms with Gasteiger partial charge in [0.1, 0.15) is 0 Å². The number of nitrogens with zero attached hydrogens (tertiary/aromatic N) is 3. The van der Waals surface area contributed by atoms with Gasteiger partial charge >= 0.3 is 0 Å². The number of hydrogen-bond acceptors (Lipinski definition) is 5. The Bertz CT molecular complexity index is 613. The molecule has 2 N–H and O–H groups in total. The maximum Gasteiger partial charge on any atom is 0.273 e. The number of amides is 1. The van der Waals surface area contributed by atoms with Gasteiger partial charge in [-0.1, -0.05) is 18.2 Å². The minimum atomic E-state index is -0.243. The molecule has 3 rings (SSSR count). The third-order valence-corrected chi connectivity index (χ3v) is 3.49. The Morgan fingerprint density at radius 3 is 2.95 bits per heavy atom. The van der Waals surface area contributed by atoms with Crippen molar-refractivity contribution < 1.29 is 9.53 Å². The van der Waals surface area contributed by atoms with E-state index >= 15 is 0 Å². The lowest BCUT2D eigenvalue weighted by molar-refractivity contribution is 0.0776. The van der Waals surface area contributed by atoms with Crippen LogP contribution >= 0.6 is 0 Å². The second-order valence-corrected chi connectivity index (χ2v) is 4.87. The molecule has 2 heterocycles. The Hall–Kier alpha value is -2.25. The summed E-state index contributed by atoms with van der Waals surface area (Å²) in [6, 6.07) is 9.41. The predicted octanol–water partition coefficient (Wildman–Crippen LogP) is -0.0161. The van der Waals surface area contributed by atoms with Crippen LogP contribution in [0.2, 0.25) is 0 Å². The standard InChI is InChI=1S/C14H17N5O2/c1-21-13-9-15-7-11(13)17-14(20)12-8-16-19(18-12)10-5-3-2-4-6-10/h2-6,8,11,13,15H,7,9H2,1H3,(H,17,20)/t11?,13-/m0/s1. The van der Waals surface area contributed by atoms with Gasteiger partial charge in [0.25, 0.3) is 5.91 Å². The average molecular weight is 287 g/mol. The van der Waals surface area contributed by atoms with E-state index in [0.717, 1.165) is 12.2 Å². The van der Waals surface area contributed by atoms with E-state index in [0.29, 0.717) is 12.2 Å². The minimum Gasteiger partial charge on any atom is -0.378 e. The fourth-order valence-corrected chi connectivity index (χ4v) is 2.34. The van der Waals surface area contributed by atoms with Crippen molar-refractivity contribution in [1.29, 1.82) is 0 Å². The van der Waals surface area contributed by atoms with Crippen molar-refractivity contribution in [3.8, 4) is 5.69 Å². The number of para-hydroxylation sites is 1. The molecule has 0 radical (unpaired) electrons. The SMILES string of the molecule is CO[C@H]1CNCC1NC(=O)c1cnn(-c2ccccc2)n1. The van der Waals surface area contributed by atoms with Crippen molar-refractivity contribution in [3.63, 3.8) is 0 Å². The van der Waals surface area contributed by atoms with Gasteiger partial charge in [-0.3, -0.25) is 4.79 Å². The molecule has 1 unspecified atom stereocenters. The highest BCUT2D eigenvalue weighted by Gasteiger charge is 2.29. The second-order valence-electron chi connectivity index (χ2n) is 4.87. The summed E-state index contributed by atoms with van der Waals surface area (Å²) in [7, 11) is 1.64. The number of methoxy groups -OCH3 is 1. The van der Waals surface area contributed by atoms with E-state index in [1.54, 1.807) is 7.11 Å². The van der Waals surface area contributed by atoms with Crippen molar-refractivity contribution in [3.05, 3.63) is 42.2 Å². The lowest BCUT2D eigenvalue weighted by Crippen LogP contribution is -2.43. The Balaban J connectivity index is 1.70. The molecule has 2 atom stereocenters. The summed E-state index contributed by atoms with van der Waals surface area (Å²) in [6.45, 7) is 1.43. The van der Waals surface area contributed by atoms with Gasteiger partial charge in [0.2, 0.25) is 0 Å². The molecule has 1 aliphatic heterocycles. The van der Waals surface area contributed by atoms with Crippen LogP contribution in [0.4, 0.5) is 0 Å². The van der Waals surface area contributed by atoms with Crippen LogP contribution in [0, 0.1) is 0 Å². The van der Waals surface area contributed by atoms with Gasteiger partial charge in [0.15, 0.2) is 5.69 Å².